The fourth-order valence-corrected chi connectivity index (χ4v) is 4.77. The van der Waals surface area contributed by atoms with Crippen LogP contribution in [0.3, 0.4) is 0 Å². The summed E-state index contributed by atoms with van der Waals surface area (Å²) >= 11 is 0. The number of pyridine rings is 2. The highest BCUT2D eigenvalue weighted by Gasteiger charge is 2.18. The molecule has 176 valence electrons. The molecule has 0 unspecified atom stereocenters. The van der Waals surface area contributed by atoms with Crippen molar-refractivity contribution in [1.82, 2.24) is 29.9 Å². The first-order valence-corrected chi connectivity index (χ1v) is 11.9. The Hall–Kier alpha value is -5.17. The van der Waals surface area contributed by atoms with Crippen molar-refractivity contribution in [2.75, 3.05) is 0 Å². The Bertz CT molecular complexity index is 1890. The minimum absolute atomic E-state index is 0.552. The Kier molecular flexibility index (Phi) is 4.85. The van der Waals surface area contributed by atoms with Gasteiger partial charge in [-0.3, -0.25) is 0 Å². The largest absolute Gasteiger partial charge is 0.434 e. The van der Waals surface area contributed by atoms with Gasteiger partial charge in [-0.05, 0) is 52.6 Å². The van der Waals surface area contributed by atoms with Gasteiger partial charge in [0.05, 0.1) is 0 Å². The number of fused-ring (bicyclic) bond motifs is 2. The van der Waals surface area contributed by atoms with E-state index in [1.807, 2.05) is 67.7 Å². The zero-order chi connectivity index (χ0) is 24.8. The van der Waals surface area contributed by atoms with Gasteiger partial charge in [0.1, 0.15) is 5.52 Å². The maximum absolute atomic E-state index is 6.31. The molecule has 0 amide bonds. The van der Waals surface area contributed by atoms with E-state index in [-0.39, 0.29) is 0 Å². The molecule has 0 fully saturated rings. The number of aryl methyl sites for hydroxylation is 1. The number of benzene rings is 3. The molecule has 0 bridgehead atoms. The number of oxazole rings is 1. The summed E-state index contributed by atoms with van der Waals surface area (Å²) in [6.07, 6.45) is 3.56. The van der Waals surface area contributed by atoms with E-state index in [9.17, 15) is 0 Å². The van der Waals surface area contributed by atoms with E-state index < -0.39 is 0 Å². The van der Waals surface area contributed by atoms with Crippen LogP contribution in [-0.4, -0.2) is 29.9 Å². The predicted octanol–water partition coefficient (Wildman–Crippen LogP) is 6.57. The van der Waals surface area contributed by atoms with Crippen LogP contribution in [0.15, 0.2) is 108 Å². The van der Waals surface area contributed by atoms with Crippen molar-refractivity contribution in [2.24, 2.45) is 7.05 Å². The molecule has 0 saturated heterocycles. The molecule has 7 rings (SSSR count). The Labute approximate surface area is 212 Å². The third kappa shape index (κ3) is 3.56. The quantitative estimate of drug-likeness (QED) is 0.283. The first-order chi connectivity index (χ1) is 18.3. The number of hydrogen-bond acceptors (Lipinski definition) is 6. The van der Waals surface area contributed by atoms with E-state index >= 15 is 0 Å². The lowest BCUT2D eigenvalue weighted by molar-refractivity contribution is 0.620. The summed E-state index contributed by atoms with van der Waals surface area (Å²) in [4.78, 5) is 13.5. The van der Waals surface area contributed by atoms with Crippen LogP contribution in [0.1, 0.15) is 0 Å². The molecule has 0 aliphatic heterocycles. The molecule has 0 N–H and O–H groups in total. The fraction of sp³-hybridized carbons (Fsp3) is 0.0333. The summed E-state index contributed by atoms with van der Waals surface area (Å²) in [7, 11) is 1.88. The third-order valence-corrected chi connectivity index (χ3v) is 6.52. The van der Waals surface area contributed by atoms with Crippen molar-refractivity contribution in [2.45, 2.75) is 0 Å². The first-order valence-electron chi connectivity index (χ1n) is 11.9. The van der Waals surface area contributed by atoms with Gasteiger partial charge in [0.15, 0.2) is 11.2 Å². The van der Waals surface area contributed by atoms with Gasteiger partial charge in [-0.1, -0.05) is 65.9 Å². The summed E-state index contributed by atoms with van der Waals surface area (Å²) in [6, 6.07) is 30.7. The minimum atomic E-state index is 0.552. The molecule has 0 spiro atoms. The van der Waals surface area contributed by atoms with Crippen LogP contribution in [0.5, 0.6) is 0 Å². The summed E-state index contributed by atoms with van der Waals surface area (Å²) in [5, 5.41) is 8.35. The molecule has 37 heavy (non-hydrogen) atoms. The van der Waals surface area contributed by atoms with Crippen LogP contribution in [0, 0.1) is 0 Å². The summed E-state index contributed by atoms with van der Waals surface area (Å²) in [5.41, 5.74) is 9.88. The van der Waals surface area contributed by atoms with E-state index in [0.29, 0.717) is 22.8 Å². The number of rotatable bonds is 4. The third-order valence-electron chi connectivity index (χ3n) is 6.52. The van der Waals surface area contributed by atoms with Crippen molar-refractivity contribution in [3.8, 4) is 44.8 Å². The molecule has 4 heterocycles. The highest BCUT2D eigenvalue weighted by atomic mass is 16.3. The second kappa shape index (κ2) is 8.49. The highest BCUT2D eigenvalue weighted by Crippen LogP contribution is 2.40. The van der Waals surface area contributed by atoms with Gasteiger partial charge in [-0.15, -0.1) is 5.10 Å². The molecule has 0 radical (unpaired) electrons. The van der Waals surface area contributed by atoms with Crippen molar-refractivity contribution < 1.29 is 4.42 Å². The molecule has 7 aromatic rings. The lowest BCUT2D eigenvalue weighted by Gasteiger charge is -2.13. The van der Waals surface area contributed by atoms with Crippen molar-refractivity contribution in [3.05, 3.63) is 103 Å². The first kappa shape index (κ1) is 21.1. The second-order valence-electron chi connectivity index (χ2n) is 8.77. The number of hydrogen-bond donors (Lipinski definition) is 0. The number of nitrogens with zero attached hydrogens (tertiary/aromatic N) is 6. The Balaban J connectivity index is 1.46. The van der Waals surface area contributed by atoms with Crippen LogP contribution in [0.4, 0.5) is 0 Å². The number of aromatic nitrogens is 6. The zero-order valence-corrected chi connectivity index (χ0v) is 19.9. The summed E-state index contributed by atoms with van der Waals surface area (Å²) in [6.45, 7) is 0. The van der Waals surface area contributed by atoms with Crippen LogP contribution in [0.2, 0.25) is 0 Å². The van der Waals surface area contributed by atoms with E-state index in [1.54, 1.807) is 17.1 Å². The van der Waals surface area contributed by atoms with Crippen LogP contribution < -0.4 is 0 Å². The second-order valence-corrected chi connectivity index (χ2v) is 8.77. The van der Waals surface area contributed by atoms with E-state index in [1.165, 1.54) is 0 Å². The monoisotopic (exact) mass is 480 g/mol. The SMILES string of the molecule is Cn1nnc2nccc(-c3ccc(-c4ccnc5nc(-c6ccccc6)oc45)c(-c4ccccc4)c3)c21. The van der Waals surface area contributed by atoms with Gasteiger partial charge < -0.3 is 4.42 Å². The van der Waals surface area contributed by atoms with Crippen LogP contribution in [0.25, 0.3) is 67.2 Å². The summed E-state index contributed by atoms with van der Waals surface area (Å²) in [5.74, 6) is 0.552. The average Bonchev–Trinajstić information content (AvgIpc) is 3.58. The van der Waals surface area contributed by atoms with E-state index in [2.05, 4.69) is 55.6 Å². The van der Waals surface area contributed by atoms with Gasteiger partial charge in [0, 0.05) is 36.1 Å². The fourth-order valence-electron chi connectivity index (χ4n) is 4.77. The molecule has 0 aliphatic rings. The van der Waals surface area contributed by atoms with Gasteiger partial charge in [-0.25, -0.2) is 14.6 Å². The predicted molar refractivity (Wildman–Crippen MR) is 143 cm³/mol. The molecule has 0 aliphatic carbocycles. The zero-order valence-electron chi connectivity index (χ0n) is 19.9. The average molecular weight is 481 g/mol. The topological polar surface area (TPSA) is 82.5 Å². The maximum atomic E-state index is 6.31. The Morgan fingerprint density at radius 2 is 1.32 bits per heavy atom. The lowest BCUT2D eigenvalue weighted by atomic mass is 9.91. The molecular formula is C30H20N6O. The van der Waals surface area contributed by atoms with Gasteiger partial charge in [-0.2, -0.15) is 4.98 Å². The standard InChI is InChI=1S/C30H20N6O/c1-36-26-22(14-16-31-28(26)34-35-36)21-12-13-23(25(18-21)19-8-4-2-5-9-19)24-15-17-32-29-27(24)37-30(33-29)20-10-6-3-7-11-20/h2-18H,1H3. The lowest BCUT2D eigenvalue weighted by Crippen LogP contribution is -1.94. The van der Waals surface area contributed by atoms with Crippen LogP contribution in [-0.2, 0) is 7.05 Å². The van der Waals surface area contributed by atoms with Crippen LogP contribution >= 0.6 is 0 Å². The molecule has 3 aromatic carbocycles. The van der Waals surface area contributed by atoms with Gasteiger partial charge >= 0.3 is 0 Å². The normalized spacial score (nSPS) is 11.4. The molecule has 0 saturated carbocycles. The molecule has 7 heteroatoms. The molecular weight excluding hydrogens is 460 g/mol. The van der Waals surface area contributed by atoms with Crippen molar-refractivity contribution in [1.29, 1.82) is 0 Å². The minimum Gasteiger partial charge on any atom is -0.434 e. The highest BCUT2D eigenvalue weighted by molar-refractivity contribution is 5.98. The molecule has 7 nitrogen and oxygen atoms in total. The molecule has 4 aromatic heterocycles. The smallest absolute Gasteiger partial charge is 0.228 e. The Morgan fingerprint density at radius 3 is 2.11 bits per heavy atom. The van der Waals surface area contributed by atoms with Gasteiger partial charge in [0.25, 0.3) is 0 Å². The van der Waals surface area contributed by atoms with Crippen molar-refractivity contribution in [3.63, 3.8) is 0 Å². The van der Waals surface area contributed by atoms with Crippen molar-refractivity contribution >= 4 is 22.4 Å². The van der Waals surface area contributed by atoms with E-state index in [0.717, 1.165) is 44.5 Å². The van der Waals surface area contributed by atoms with E-state index in [4.69, 9.17) is 4.42 Å². The Morgan fingerprint density at radius 1 is 0.622 bits per heavy atom. The molecule has 0 atom stereocenters. The maximum Gasteiger partial charge on any atom is 0.228 e. The summed E-state index contributed by atoms with van der Waals surface area (Å²) < 4.78 is 8.07. The van der Waals surface area contributed by atoms with Gasteiger partial charge in [0.2, 0.25) is 11.5 Å².